The highest BCUT2D eigenvalue weighted by atomic mass is 16.5. The Hall–Kier alpha value is -2.94. The van der Waals surface area contributed by atoms with Crippen LogP contribution in [0.5, 0.6) is 5.75 Å². The van der Waals surface area contributed by atoms with Gasteiger partial charge < -0.3 is 19.3 Å². The summed E-state index contributed by atoms with van der Waals surface area (Å²) in [5.41, 5.74) is 2.56. The number of nitrogens with zero attached hydrogens (tertiary/aromatic N) is 6. The van der Waals surface area contributed by atoms with Gasteiger partial charge in [0.1, 0.15) is 5.75 Å². The van der Waals surface area contributed by atoms with Crippen LogP contribution in [0, 0.1) is 0 Å². The average molecular weight is 439 g/mol. The maximum Gasteiger partial charge on any atom is 0.320 e. The van der Waals surface area contributed by atoms with E-state index < -0.39 is 0 Å². The summed E-state index contributed by atoms with van der Waals surface area (Å²) in [5, 5.41) is 13.4. The lowest BCUT2D eigenvalue weighted by atomic mass is 9.94. The van der Waals surface area contributed by atoms with Crippen molar-refractivity contribution in [3.63, 3.8) is 0 Å². The van der Waals surface area contributed by atoms with Crippen LogP contribution in [-0.4, -0.2) is 74.8 Å². The molecular formula is C23H30N6O3. The van der Waals surface area contributed by atoms with E-state index in [1.54, 1.807) is 4.52 Å². The number of morpholine rings is 1. The number of aromatic nitrogens is 4. The number of fused-ring (bicyclic) bond motifs is 3. The van der Waals surface area contributed by atoms with Gasteiger partial charge in [0.15, 0.2) is 5.65 Å². The second-order valence-corrected chi connectivity index (χ2v) is 8.54. The van der Waals surface area contributed by atoms with E-state index in [2.05, 4.69) is 21.6 Å². The number of ether oxygens (including phenoxy) is 2. The molecule has 32 heavy (non-hydrogen) atoms. The number of rotatable bonds is 5. The molecule has 1 saturated heterocycles. The molecule has 1 saturated carbocycles. The Morgan fingerprint density at radius 3 is 2.78 bits per heavy atom. The van der Waals surface area contributed by atoms with Crippen LogP contribution in [0.25, 0.3) is 16.6 Å². The summed E-state index contributed by atoms with van der Waals surface area (Å²) in [4.78, 5) is 17.6. The standard InChI is InChI=1S/C23H30N6O3/c1-2-32-20-8-9-21-17(15-20)14-18(22-24-25-26-29(21)22)16-28(19-6-4-3-5-7-19)23(30)27-10-12-31-13-11-27/h8-9,14-15,19H,2-7,10-13,16H2,1H3. The minimum atomic E-state index is 0.0917. The molecule has 5 rings (SSSR count). The lowest BCUT2D eigenvalue weighted by molar-refractivity contribution is 0.0357. The molecule has 0 unspecified atom stereocenters. The van der Waals surface area contributed by atoms with Gasteiger partial charge in [-0.05, 0) is 54.5 Å². The van der Waals surface area contributed by atoms with Crippen LogP contribution in [-0.2, 0) is 11.3 Å². The molecule has 1 aliphatic carbocycles. The summed E-state index contributed by atoms with van der Waals surface area (Å²) in [5.74, 6) is 0.812. The first-order valence-corrected chi connectivity index (χ1v) is 11.6. The summed E-state index contributed by atoms with van der Waals surface area (Å²) in [7, 11) is 0. The zero-order valence-electron chi connectivity index (χ0n) is 18.6. The predicted molar refractivity (Wildman–Crippen MR) is 120 cm³/mol. The van der Waals surface area contributed by atoms with Crippen LogP contribution in [0.1, 0.15) is 44.6 Å². The van der Waals surface area contributed by atoms with Gasteiger partial charge in [-0.15, -0.1) is 5.10 Å². The molecule has 9 nitrogen and oxygen atoms in total. The van der Waals surface area contributed by atoms with Crippen LogP contribution in [0.15, 0.2) is 24.3 Å². The Morgan fingerprint density at radius 1 is 1.19 bits per heavy atom. The van der Waals surface area contributed by atoms with Gasteiger partial charge in [0.2, 0.25) is 0 Å². The third kappa shape index (κ3) is 4.09. The molecule has 2 aliphatic rings. The minimum Gasteiger partial charge on any atom is -0.494 e. The van der Waals surface area contributed by atoms with E-state index in [1.807, 2.05) is 34.9 Å². The van der Waals surface area contributed by atoms with E-state index in [4.69, 9.17) is 9.47 Å². The van der Waals surface area contributed by atoms with Crippen molar-refractivity contribution in [2.24, 2.45) is 0 Å². The second kappa shape index (κ2) is 9.28. The Morgan fingerprint density at radius 2 is 2.00 bits per heavy atom. The first-order valence-electron chi connectivity index (χ1n) is 11.6. The second-order valence-electron chi connectivity index (χ2n) is 8.54. The van der Waals surface area contributed by atoms with E-state index in [1.165, 1.54) is 6.42 Å². The van der Waals surface area contributed by atoms with Gasteiger partial charge in [-0.1, -0.05) is 19.3 Å². The number of pyridine rings is 1. The topological polar surface area (TPSA) is 85.1 Å². The Labute approximate surface area is 187 Å². The molecule has 0 bridgehead atoms. The molecule has 3 heterocycles. The maximum atomic E-state index is 13.6. The number of tetrazole rings is 1. The fraction of sp³-hybridized carbons (Fsp3) is 0.565. The van der Waals surface area contributed by atoms with Crippen LogP contribution in [0.3, 0.4) is 0 Å². The van der Waals surface area contributed by atoms with Crippen molar-refractivity contribution in [1.29, 1.82) is 0 Å². The third-order valence-corrected chi connectivity index (χ3v) is 6.51. The van der Waals surface area contributed by atoms with E-state index in [0.717, 1.165) is 47.9 Å². The molecule has 2 amide bonds. The molecule has 0 atom stereocenters. The molecule has 2 fully saturated rings. The molecule has 9 heteroatoms. The van der Waals surface area contributed by atoms with E-state index in [0.29, 0.717) is 45.1 Å². The number of urea groups is 1. The predicted octanol–water partition coefficient (Wildman–Crippen LogP) is 3.26. The minimum absolute atomic E-state index is 0.0917. The molecule has 0 N–H and O–H groups in total. The summed E-state index contributed by atoms with van der Waals surface area (Å²) in [6.07, 6.45) is 5.65. The molecule has 170 valence electrons. The highest BCUT2D eigenvalue weighted by Gasteiger charge is 2.30. The molecule has 1 aromatic carbocycles. The number of amides is 2. The van der Waals surface area contributed by atoms with Crippen molar-refractivity contribution in [2.45, 2.75) is 51.6 Å². The van der Waals surface area contributed by atoms with Crippen LogP contribution < -0.4 is 4.74 Å². The van der Waals surface area contributed by atoms with Crippen molar-refractivity contribution >= 4 is 22.6 Å². The van der Waals surface area contributed by atoms with Gasteiger partial charge in [-0.25, -0.2) is 4.79 Å². The smallest absolute Gasteiger partial charge is 0.320 e. The first-order chi connectivity index (χ1) is 15.7. The number of hydrogen-bond donors (Lipinski definition) is 0. The largest absolute Gasteiger partial charge is 0.494 e. The Bertz CT molecular complexity index is 1090. The molecular weight excluding hydrogens is 408 g/mol. The molecule has 0 spiro atoms. The molecule has 0 radical (unpaired) electrons. The lowest BCUT2D eigenvalue weighted by Gasteiger charge is -2.39. The van der Waals surface area contributed by atoms with Gasteiger partial charge in [0.05, 0.1) is 31.9 Å². The first kappa shape index (κ1) is 20.9. The summed E-state index contributed by atoms with van der Waals surface area (Å²) < 4.78 is 12.9. The Kier molecular flexibility index (Phi) is 6.07. The van der Waals surface area contributed by atoms with Gasteiger partial charge in [-0.3, -0.25) is 0 Å². The third-order valence-electron chi connectivity index (χ3n) is 6.51. The van der Waals surface area contributed by atoms with Crippen molar-refractivity contribution in [2.75, 3.05) is 32.9 Å². The van der Waals surface area contributed by atoms with Crippen LogP contribution in [0.2, 0.25) is 0 Å². The van der Waals surface area contributed by atoms with Crippen LogP contribution >= 0.6 is 0 Å². The summed E-state index contributed by atoms with van der Waals surface area (Å²) >= 11 is 0. The fourth-order valence-electron chi connectivity index (χ4n) is 4.88. The number of carbonyl (C=O) groups is 1. The van der Waals surface area contributed by atoms with Gasteiger partial charge in [-0.2, -0.15) is 4.52 Å². The number of benzene rings is 1. The maximum absolute atomic E-state index is 13.6. The van der Waals surface area contributed by atoms with Crippen molar-refractivity contribution in [3.05, 3.63) is 29.8 Å². The zero-order valence-corrected chi connectivity index (χ0v) is 18.6. The lowest BCUT2D eigenvalue weighted by Crippen LogP contribution is -2.51. The Balaban J connectivity index is 1.53. The monoisotopic (exact) mass is 438 g/mol. The number of carbonyl (C=O) groups excluding carboxylic acids is 1. The zero-order chi connectivity index (χ0) is 21.9. The fourth-order valence-corrected chi connectivity index (χ4v) is 4.88. The van der Waals surface area contributed by atoms with Gasteiger partial charge in [0.25, 0.3) is 0 Å². The average Bonchev–Trinajstić information content (AvgIpc) is 3.34. The van der Waals surface area contributed by atoms with Gasteiger partial charge >= 0.3 is 6.03 Å². The van der Waals surface area contributed by atoms with Crippen molar-refractivity contribution in [1.82, 2.24) is 29.8 Å². The van der Waals surface area contributed by atoms with Crippen molar-refractivity contribution in [3.8, 4) is 5.75 Å². The molecule has 1 aliphatic heterocycles. The van der Waals surface area contributed by atoms with E-state index in [-0.39, 0.29) is 12.1 Å². The molecule has 3 aromatic rings. The number of hydrogen-bond acceptors (Lipinski definition) is 6. The summed E-state index contributed by atoms with van der Waals surface area (Å²) in [6, 6.07) is 8.35. The van der Waals surface area contributed by atoms with E-state index >= 15 is 0 Å². The normalized spacial score (nSPS) is 17.7. The highest BCUT2D eigenvalue weighted by molar-refractivity contribution is 5.84. The molecule has 2 aromatic heterocycles. The summed E-state index contributed by atoms with van der Waals surface area (Å²) in [6.45, 7) is 5.53. The highest BCUT2D eigenvalue weighted by Crippen LogP contribution is 2.29. The van der Waals surface area contributed by atoms with Crippen molar-refractivity contribution < 1.29 is 14.3 Å². The van der Waals surface area contributed by atoms with E-state index in [9.17, 15) is 4.79 Å². The SMILES string of the molecule is CCOc1ccc2c(c1)cc(CN(C(=O)N1CCOCC1)C1CCCCC1)c1nnnn12. The quantitative estimate of drug-likeness (QED) is 0.608. The van der Waals surface area contributed by atoms with Crippen LogP contribution in [0.4, 0.5) is 4.79 Å². The van der Waals surface area contributed by atoms with Gasteiger partial charge in [0, 0.05) is 30.1 Å².